The Hall–Kier alpha value is -1.55. The van der Waals surface area contributed by atoms with E-state index < -0.39 is 5.97 Å². The number of carbonyl (C=O) groups excluding carboxylic acids is 2. The van der Waals surface area contributed by atoms with Crippen molar-refractivity contribution in [3.63, 3.8) is 0 Å². The molecule has 0 aliphatic rings. The quantitative estimate of drug-likeness (QED) is 0.586. The van der Waals surface area contributed by atoms with Gasteiger partial charge in [0.1, 0.15) is 5.75 Å². The van der Waals surface area contributed by atoms with Crippen molar-refractivity contribution in [2.75, 3.05) is 14.2 Å². The Balaban J connectivity index is 3.45. The van der Waals surface area contributed by atoms with E-state index in [1.165, 1.54) is 26.4 Å². The number of methoxy groups -OCH3 is 2. The predicted molar refractivity (Wildman–Crippen MR) is 54.7 cm³/mol. The number of benzene rings is 1. The van der Waals surface area contributed by atoms with Gasteiger partial charge in [0.2, 0.25) is 0 Å². The molecule has 0 radical (unpaired) electrons. The lowest BCUT2D eigenvalue weighted by molar-refractivity contribution is 0.0598. The Kier molecular flexibility index (Phi) is 3.68. The van der Waals surface area contributed by atoms with E-state index >= 15 is 0 Å². The zero-order valence-electron chi connectivity index (χ0n) is 8.24. The second-order valence-electron chi connectivity index (χ2n) is 2.65. The largest absolute Gasteiger partial charge is 0.496 e. The van der Waals surface area contributed by atoms with Crippen molar-refractivity contribution in [1.82, 2.24) is 0 Å². The molecule has 0 aliphatic carbocycles. The lowest BCUT2D eigenvalue weighted by atomic mass is 10.1. The molecule has 0 saturated carbocycles. The molecule has 5 heteroatoms. The molecule has 15 heavy (non-hydrogen) atoms. The molecule has 0 unspecified atom stereocenters. The first-order valence-electron chi connectivity index (χ1n) is 4.05. The second kappa shape index (κ2) is 4.79. The lowest BCUT2D eigenvalue weighted by Gasteiger charge is -2.09. The third-order valence-electron chi connectivity index (χ3n) is 1.88. The number of aldehydes is 1. The van der Waals surface area contributed by atoms with Crippen LogP contribution in [0.25, 0.3) is 0 Å². The smallest absolute Gasteiger partial charge is 0.340 e. The predicted octanol–water partition coefficient (Wildman–Crippen LogP) is 1.95. The molecular weight excluding hydrogens is 220 g/mol. The fourth-order valence-electron chi connectivity index (χ4n) is 1.18. The summed E-state index contributed by atoms with van der Waals surface area (Å²) in [4.78, 5) is 22.2. The molecule has 0 atom stereocenters. The zero-order valence-corrected chi connectivity index (χ0v) is 9.00. The van der Waals surface area contributed by atoms with E-state index in [2.05, 4.69) is 4.74 Å². The van der Waals surface area contributed by atoms with Gasteiger partial charge < -0.3 is 9.47 Å². The summed E-state index contributed by atoms with van der Waals surface area (Å²) in [6, 6.07) is 2.98. The highest BCUT2D eigenvalue weighted by Gasteiger charge is 2.19. The number of ether oxygens (including phenoxy) is 2. The van der Waals surface area contributed by atoms with Gasteiger partial charge in [-0.3, -0.25) is 4.79 Å². The molecule has 1 rings (SSSR count). The van der Waals surface area contributed by atoms with Gasteiger partial charge in [0, 0.05) is 0 Å². The van der Waals surface area contributed by atoms with Crippen LogP contribution in [-0.2, 0) is 4.74 Å². The Morgan fingerprint density at radius 3 is 2.53 bits per heavy atom. The van der Waals surface area contributed by atoms with Gasteiger partial charge in [-0.15, -0.1) is 0 Å². The minimum atomic E-state index is -0.666. The van der Waals surface area contributed by atoms with E-state index in [4.69, 9.17) is 16.3 Å². The molecule has 80 valence electrons. The summed E-state index contributed by atoms with van der Waals surface area (Å²) < 4.78 is 9.45. The molecule has 0 bridgehead atoms. The standard InChI is InChI=1S/C10H9ClO4/c1-14-8-4-3-7(11)9(6(8)5-12)10(13)15-2/h3-5H,1-2H3. The SMILES string of the molecule is COC(=O)c1c(Cl)ccc(OC)c1C=O. The Labute approximate surface area is 91.7 Å². The van der Waals surface area contributed by atoms with E-state index in [-0.39, 0.29) is 21.9 Å². The number of carbonyl (C=O) groups is 2. The van der Waals surface area contributed by atoms with Crippen molar-refractivity contribution in [3.05, 3.63) is 28.3 Å². The molecule has 0 saturated heterocycles. The molecule has 1 aromatic carbocycles. The van der Waals surface area contributed by atoms with Gasteiger partial charge >= 0.3 is 5.97 Å². The van der Waals surface area contributed by atoms with E-state index in [0.29, 0.717) is 6.29 Å². The molecule has 0 spiro atoms. The normalized spacial score (nSPS) is 9.53. The maximum atomic E-state index is 11.4. The average Bonchev–Trinajstić information content (AvgIpc) is 2.27. The fourth-order valence-corrected chi connectivity index (χ4v) is 1.42. The zero-order chi connectivity index (χ0) is 11.4. The molecular formula is C10H9ClO4. The van der Waals surface area contributed by atoms with Crippen LogP contribution in [0.4, 0.5) is 0 Å². The number of hydrogen-bond acceptors (Lipinski definition) is 4. The van der Waals surface area contributed by atoms with Crippen LogP contribution in [-0.4, -0.2) is 26.5 Å². The fraction of sp³-hybridized carbons (Fsp3) is 0.200. The highest BCUT2D eigenvalue weighted by atomic mass is 35.5. The first-order valence-corrected chi connectivity index (χ1v) is 4.43. The van der Waals surface area contributed by atoms with Gasteiger partial charge in [-0.05, 0) is 12.1 Å². The molecule has 0 aromatic heterocycles. The molecule has 0 fully saturated rings. The van der Waals surface area contributed by atoms with Crippen LogP contribution in [0.2, 0.25) is 5.02 Å². The van der Waals surface area contributed by atoms with Gasteiger partial charge in [-0.2, -0.15) is 0 Å². The highest BCUT2D eigenvalue weighted by Crippen LogP contribution is 2.27. The summed E-state index contributed by atoms with van der Waals surface area (Å²) in [7, 11) is 2.62. The first-order chi connectivity index (χ1) is 7.15. The average molecular weight is 229 g/mol. The van der Waals surface area contributed by atoms with Crippen LogP contribution in [0.15, 0.2) is 12.1 Å². The van der Waals surface area contributed by atoms with E-state index in [1.807, 2.05) is 0 Å². The summed E-state index contributed by atoms with van der Waals surface area (Å²) in [6.45, 7) is 0. The van der Waals surface area contributed by atoms with Crippen molar-refractivity contribution >= 4 is 23.9 Å². The first kappa shape index (κ1) is 11.5. The molecule has 0 amide bonds. The van der Waals surface area contributed by atoms with Crippen LogP contribution in [0.1, 0.15) is 20.7 Å². The van der Waals surface area contributed by atoms with Gasteiger partial charge in [0.05, 0.1) is 30.4 Å². The Morgan fingerprint density at radius 2 is 2.07 bits per heavy atom. The summed E-state index contributed by atoms with van der Waals surface area (Å²) in [5.74, 6) is -0.379. The monoisotopic (exact) mass is 228 g/mol. The van der Waals surface area contributed by atoms with E-state index in [1.54, 1.807) is 0 Å². The van der Waals surface area contributed by atoms with Crippen LogP contribution < -0.4 is 4.74 Å². The summed E-state index contributed by atoms with van der Waals surface area (Å²) in [6.07, 6.45) is 0.511. The summed E-state index contributed by atoms with van der Waals surface area (Å²) in [5.41, 5.74) is 0.116. The van der Waals surface area contributed by atoms with E-state index in [0.717, 1.165) is 0 Å². The highest BCUT2D eigenvalue weighted by molar-refractivity contribution is 6.34. The van der Waals surface area contributed by atoms with Crippen molar-refractivity contribution in [2.45, 2.75) is 0 Å². The minimum absolute atomic E-state index is 0.0218. The van der Waals surface area contributed by atoms with Gasteiger partial charge in [0.25, 0.3) is 0 Å². The minimum Gasteiger partial charge on any atom is -0.496 e. The molecule has 0 N–H and O–H groups in total. The molecule has 1 aromatic rings. The Morgan fingerprint density at radius 1 is 1.40 bits per heavy atom. The van der Waals surface area contributed by atoms with E-state index in [9.17, 15) is 9.59 Å². The number of hydrogen-bond donors (Lipinski definition) is 0. The number of esters is 1. The topological polar surface area (TPSA) is 52.6 Å². The van der Waals surface area contributed by atoms with Crippen molar-refractivity contribution in [1.29, 1.82) is 0 Å². The van der Waals surface area contributed by atoms with Gasteiger partial charge in [0.15, 0.2) is 6.29 Å². The maximum Gasteiger partial charge on any atom is 0.340 e. The maximum absolute atomic E-state index is 11.4. The van der Waals surface area contributed by atoms with Gasteiger partial charge in [-0.25, -0.2) is 4.79 Å². The third kappa shape index (κ3) is 2.10. The Bertz CT molecular complexity index is 401. The molecule has 4 nitrogen and oxygen atoms in total. The van der Waals surface area contributed by atoms with Crippen LogP contribution in [0.3, 0.4) is 0 Å². The number of rotatable bonds is 3. The molecule has 0 heterocycles. The summed E-state index contributed by atoms with van der Waals surface area (Å²) in [5, 5.41) is 0.157. The van der Waals surface area contributed by atoms with Crippen molar-refractivity contribution < 1.29 is 19.1 Å². The van der Waals surface area contributed by atoms with Crippen LogP contribution in [0, 0.1) is 0 Å². The van der Waals surface area contributed by atoms with Crippen LogP contribution in [0.5, 0.6) is 5.75 Å². The van der Waals surface area contributed by atoms with Crippen LogP contribution >= 0.6 is 11.6 Å². The van der Waals surface area contributed by atoms with Gasteiger partial charge in [-0.1, -0.05) is 11.6 Å². The summed E-state index contributed by atoms with van der Waals surface area (Å²) >= 11 is 5.80. The second-order valence-corrected chi connectivity index (χ2v) is 3.05. The number of halogens is 1. The third-order valence-corrected chi connectivity index (χ3v) is 2.20. The van der Waals surface area contributed by atoms with Crippen molar-refractivity contribution in [3.8, 4) is 5.75 Å². The lowest BCUT2D eigenvalue weighted by Crippen LogP contribution is -2.07. The molecule has 0 aliphatic heterocycles. The van der Waals surface area contributed by atoms with Crippen molar-refractivity contribution in [2.24, 2.45) is 0 Å².